The van der Waals surface area contributed by atoms with Crippen LogP contribution >= 0.6 is 0 Å². The van der Waals surface area contributed by atoms with Crippen LogP contribution in [0.3, 0.4) is 0 Å². The van der Waals surface area contributed by atoms with Crippen LogP contribution in [-0.2, 0) is 5.54 Å². The lowest BCUT2D eigenvalue weighted by molar-refractivity contribution is 0.566. The number of nitrogens with two attached hydrogens (primary N) is 1. The highest BCUT2D eigenvalue weighted by atomic mass is 19.1. The van der Waals surface area contributed by atoms with Gasteiger partial charge in [0.15, 0.2) is 0 Å². The zero-order valence-electron chi connectivity index (χ0n) is 8.89. The third-order valence-electron chi connectivity index (χ3n) is 2.52. The molecule has 1 atom stereocenters. The molecule has 2 heterocycles. The molecule has 0 fully saturated rings. The van der Waals surface area contributed by atoms with Crippen LogP contribution in [0.15, 0.2) is 42.9 Å². The molecule has 0 saturated carbocycles. The molecule has 3 nitrogen and oxygen atoms in total. The molecule has 2 aromatic heterocycles. The molecular formula is C12H12FN3. The SMILES string of the molecule is CC(N)(c1cccnc1)c1ccc(F)cn1. The Morgan fingerprint density at radius 2 is 2.06 bits per heavy atom. The van der Waals surface area contributed by atoms with Crippen molar-refractivity contribution in [2.45, 2.75) is 12.5 Å². The van der Waals surface area contributed by atoms with Crippen molar-refractivity contribution in [3.63, 3.8) is 0 Å². The van der Waals surface area contributed by atoms with Crippen LogP contribution in [0.2, 0.25) is 0 Å². The summed E-state index contributed by atoms with van der Waals surface area (Å²) in [6, 6.07) is 6.62. The summed E-state index contributed by atoms with van der Waals surface area (Å²) in [6.45, 7) is 1.82. The minimum absolute atomic E-state index is 0.370. The number of pyridine rings is 2. The van der Waals surface area contributed by atoms with Crippen molar-refractivity contribution < 1.29 is 4.39 Å². The molecule has 2 aromatic rings. The van der Waals surface area contributed by atoms with Crippen molar-refractivity contribution in [3.8, 4) is 0 Å². The van der Waals surface area contributed by atoms with E-state index in [2.05, 4.69) is 9.97 Å². The van der Waals surface area contributed by atoms with Crippen molar-refractivity contribution in [3.05, 3.63) is 59.9 Å². The summed E-state index contributed by atoms with van der Waals surface area (Å²) in [4.78, 5) is 8.01. The molecule has 2 rings (SSSR count). The van der Waals surface area contributed by atoms with Gasteiger partial charge in [-0.2, -0.15) is 0 Å². The van der Waals surface area contributed by atoms with Crippen LogP contribution in [0.1, 0.15) is 18.2 Å². The highest BCUT2D eigenvalue weighted by Crippen LogP contribution is 2.23. The topological polar surface area (TPSA) is 51.8 Å². The Morgan fingerprint density at radius 1 is 1.25 bits per heavy atom. The first-order valence-electron chi connectivity index (χ1n) is 4.92. The van der Waals surface area contributed by atoms with Gasteiger partial charge in [-0.15, -0.1) is 0 Å². The summed E-state index contributed by atoms with van der Waals surface area (Å²) < 4.78 is 12.8. The maximum Gasteiger partial charge on any atom is 0.141 e. The fourth-order valence-corrected chi connectivity index (χ4v) is 1.50. The van der Waals surface area contributed by atoms with Gasteiger partial charge in [0.2, 0.25) is 0 Å². The van der Waals surface area contributed by atoms with Crippen molar-refractivity contribution in [1.82, 2.24) is 9.97 Å². The van der Waals surface area contributed by atoms with E-state index in [1.165, 1.54) is 6.07 Å². The summed E-state index contributed by atoms with van der Waals surface area (Å²) in [5.74, 6) is -0.370. The van der Waals surface area contributed by atoms with E-state index in [0.717, 1.165) is 11.8 Å². The first-order valence-corrected chi connectivity index (χ1v) is 4.92. The van der Waals surface area contributed by atoms with Gasteiger partial charge in [-0.25, -0.2) is 4.39 Å². The van der Waals surface area contributed by atoms with E-state index in [1.54, 1.807) is 18.5 Å². The Hall–Kier alpha value is -1.81. The Labute approximate surface area is 93.2 Å². The molecule has 0 bridgehead atoms. The van der Waals surface area contributed by atoms with E-state index in [-0.39, 0.29) is 5.82 Å². The van der Waals surface area contributed by atoms with E-state index in [4.69, 9.17) is 5.73 Å². The number of halogens is 1. The van der Waals surface area contributed by atoms with Gasteiger partial charge in [-0.3, -0.25) is 9.97 Å². The smallest absolute Gasteiger partial charge is 0.141 e. The Kier molecular flexibility index (Phi) is 2.66. The monoisotopic (exact) mass is 217 g/mol. The molecule has 0 amide bonds. The zero-order chi connectivity index (χ0) is 11.6. The second-order valence-corrected chi connectivity index (χ2v) is 3.81. The van der Waals surface area contributed by atoms with E-state index in [9.17, 15) is 4.39 Å². The Balaban J connectivity index is 2.43. The normalized spacial score (nSPS) is 14.4. The number of hydrogen-bond acceptors (Lipinski definition) is 3. The highest BCUT2D eigenvalue weighted by Gasteiger charge is 2.25. The third kappa shape index (κ3) is 1.92. The van der Waals surface area contributed by atoms with Gasteiger partial charge in [-0.05, 0) is 30.7 Å². The molecule has 0 radical (unpaired) electrons. The molecule has 1 unspecified atom stereocenters. The van der Waals surface area contributed by atoms with E-state index >= 15 is 0 Å². The first-order chi connectivity index (χ1) is 7.60. The van der Waals surface area contributed by atoms with Crippen LogP contribution in [0.25, 0.3) is 0 Å². The van der Waals surface area contributed by atoms with Crippen LogP contribution in [0.4, 0.5) is 4.39 Å². The molecule has 0 aliphatic rings. The zero-order valence-corrected chi connectivity index (χ0v) is 8.89. The van der Waals surface area contributed by atoms with Gasteiger partial charge in [0.1, 0.15) is 5.82 Å². The van der Waals surface area contributed by atoms with E-state index in [0.29, 0.717) is 5.69 Å². The predicted octanol–water partition coefficient (Wildman–Crippen LogP) is 1.84. The van der Waals surface area contributed by atoms with Crippen LogP contribution in [0.5, 0.6) is 0 Å². The second-order valence-electron chi connectivity index (χ2n) is 3.81. The average molecular weight is 217 g/mol. The maximum absolute atomic E-state index is 12.8. The molecule has 82 valence electrons. The van der Waals surface area contributed by atoms with Gasteiger partial charge in [0.05, 0.1) is 17.4 Å². The van der Waals surface area contributed by atoms with Crippen molar-refractivity contribution in [2.24, 2.45) is 5.73 Å². The predicted molar refractivity (Wildman–Crippen MR) is 59.1 cm³/mol. The van der Waals surface area contributed by atoms with Gasteiger partial charge in [-0.1, -0.05) is 6.07 Å². The van der Waals surface area contributed by atoms with Gasteiger partial charge < -0.3 is 5.73 Å². The molecule has 0 aliphatic carbocycles. The van der Waals surface area contributed by atoms with Crippen LogP contribution in [-0.4, -0.2) is 9.97 Å². The lowest BCUT2D eigenvalue weighted by Crippen LogP contribution is -2.35. The second kappa shape index (κ2) is 3.98. The fraction of sp³-hybridized carbons (Fsp3) is 0.167. The Morgan fingerprint density at radius 3 is 2.62 bits per heavy atom. The molecule has 4 heteroatoms. The van der Waals surface area contributed by atoms with Crippen molar-refractivity contribution in [2.75, 3.05) is 0 Å². The lowest BCUT2D eigenvalue weighted by atomic mass is 9.90. The minimum Gasteiger partial charge on any atom is -0.317 e. The highest BCUT2D eigenvalue weighted by molar-refractivity contribution is 5.30. The Bertz CT molecular complexity index is 465. The van der Waals surface area contributed by atoms with Gasteiger partial charge in [0.25, 0.3) is 0 Å². The summed E-state index contributed by atoms with van der Waals surface area (Å²) in [7, 11) is 0. The fourth-order valence-electron chi connectivity index (χ4n) is 1.50. The lowest BCUT2D eigenvalue weighted by Gasteiger charge is -2.23. The standard InChI is InChI=1S/C12H12FN3/c1-12(14,9-3-2-6-15-7-9)11-5-4-10(13)8-16-11/h2-8H,14H2,1H3. The summed E-state index contributed by atoms with van der Waals surface area (Å²) in [6.07, 6.45) is 4.53. The molecular weight excluding hydrogens is 205 g/mol. The molecule has 0 saturated heterocycles. The molecule has 0 aromatic carbocycles. The number of hydrogen-bond donors (Lipinski definition) is 1. The van der Waals surface area contributed by atoms with E-state index < -0.39 is 5.54 Å². The number of rotatable bonds is 2. The van der Waals surface area contributed by atoms with Crippen molar-refractivity contribution >= 4 is 0 Å². The van der Waals surface area contributed by atoms with Gasteiger partial charge >= 0.3 is 0 Å². The average Bonchev–Trinajstić information content (AvgIpc) is 2.31. The first kappa shape index (κ1) is 10.7. The van der Waals surface area contributed by atoms with Crippen LogP contribution in [0, 0.1) is 5.82 Å². The molecule has 16 heavy (non-hydrogen) atoms. The van der Waals surface area contributed by atoms with Gasteiger partial charge in [0, 0.05) is 12.4 Å². The van der Waals surface area contributed by atoms with Crippen LogP contribution < -0.4 is 5.73 Å². The molecule has 0 aliphatic heterocycles. The third-order valence-corrected chi connectivity index (χ3v) is 2.52. The quantitative estimate of drug-likeness (QED) is 0.835. The maximum atomic E-state index is 12.8. The molecule has 0 spiro atoms. The van der Waals surface area contributed by atoms with Crippen molar-refractivity contribution in [1.29, 1.82) is 0 Å². The summed E-state index contributed by atoms with van der Waals surface area (Å²) in [5.41, 5.74) is 6.88. The summed E-state index contributed by atoms with van der Waals surface area (Å²) >= 11 is 0. The minimum atomic E-state index is -0.762. The summed E-state index contributed by atoms with van der Waals surface area (Å²) in [5, 5.41) is 0. The van der Waals surface area contributed by atoms with E-state index in [1.807, 2.05) is 19.1 Å². The largest absolute Gasteiger partial charge is 0.317 e. The molecule has 2 N–H and O–H groups in total. The number of nitrogens with zero attached hydrogens (tertiary/aromatic N) is 2. The number of aromatic nitrogens is 2.